The number of sulfonamides is 1. The van der Waals surface area contributed by atoms with Crippen molar-refractivity contribution >= 4 is 43.9 Å². The summed E-state index contributed by atoms with van der Waals surface area (Å²) in [6.45, 7) is 0.889. The number of nitrogens with one attached hydrogen (secondary N) is 1. The van der Waals surface area contributed by atoms with E-state index in [0.29, 0.717) is 35.0 Å². The van der Waals surface area contributed by atoms with Crippen LogP contribution in [-0.2, 0) is 32.5 Å². The van der Waals surface area contributed by atoms with Crippen molar-refractivity contribution in [2.45, 2.75) is 17.9 Å². The molecule has 0 radical (unpaired) electrons. The average Bonchev–Trinajstić information content (AvgIpc) is 3.27. The van der Waals surface area contributed by atoms with Crippen molar-refractivity contribution in [3.63, 3.8) is 0 Å². The summed E-state index contributed by atoms with van der Waals surface area (Å²) in [5.41, 5.74) is 1.48. The van der Waals surface area contributed by atoms with Crippen molar-refractivity contribution in [1.29, 1.82) is 0 Å². The van der Waals surface area contributed by atoms with Crippen molar-refractivity contribution in [3.8, 4) is 11.5 Å². The van der Waals surface area contributed by atoms with E-state index >= 15 is 0 Å². The highest BCUT2D eigenvalue weighted by Crippen LogP contribution is 2.38. The molecule has 0 spiro atoms. The van der Waals surface area contributed by atoms with E-state index in [1.807, 2.05) is 7.05 Å². The molecule has 0 bridgehead atoms. The van der Waals surface area contributed by atoms with E-state index in [-0.39, 0.29) is 10.6 Å². The molecule has 1 aliphatic heterocycles. The number of methoxy groups -OCH3 is 3. The van der Waals surface area contributed by atoms with E-state index in [4.69, 9.17) is 14.2 Å². The standard InChI is InChI=1S/C26H29N3O7S2/c1-28-13-12-19-22(15-28)37-25(24(19)26(31)36-4)27-23(30)16-29(17-8-6-5-7-9-17)38(32,33)18-10-11-20(34-2)21(14-18)35-3/h5-11,14H,12-13,15-16H2,1-4H3,(H,27,30). The van der Waals surface area contributed by atoms with E-state index in [1.165, 1.54) is 50.9 Å². The minimum atomic E-state index is -4.20. The molecule has 3 aromatic rings. The largest absolute Gasteiger partial charge is 0.493 e. The number of rotatable bonds is 9. The number of hydrogen-bond acceptors (Lipinski definition) is 9. The number of nitrogens with zero attached hydrogens (tertiary/aromatic N) is 2. The quantitative estimate of drug-likeness (QED) is 0.397. The van der Waals surface area contributed by atoms with Crippen LogP contribution in [0.3, 0.4) is 0 Å². The van der Waals surface area contributed by atoms with Crippen LogP contribution >= 0.6 is 11.3 Å². The van der Waals surface area contributed by atoms with Gasteiger partial charge in [-0.3, -0.25) is 9.10 Å². The first kappa shape index (κ1) is 27.4. The summed E-state index contributed by atoms with van der Waals surface area (Å²) >= 11 is 1.30. The van der Waals surface area contributed by atoms with Crippen molar-refractivity contribution < 1.29 is 32.2 Å². The fourth-order valence-corrected chi connectivity index (χ4v) is 7.02. The molecule has 0 saturated carbocycles. The van der Waals surface area contributed by atoms with Crippen molar-refractivity contribution in [3.05, 3.63) is 64.5 Å². The number of esters is 1. The van der Waals surface area contributed by atoms with Crippen LogP contribution < -0.4 is 19.1 Å². The van der Waals surface area contributed by atoms with E-state index in [2.05, 4.69) is 10.2 Å². The molecule has 0 fully saturated rings. The van der Waals surface area contributed by atoms with Crippen molar-refractivity contribution in [1.82, 2.24) is 4.90 Å². The molecule has 202 valence electrons. The smallest absolute Gasteiger partial charge is 0.341 e. The van der Waals surface area contributed by atoms with Crippen molar-refractivity contribution in [2.75, 3.05) is 51.1 Å². The van der Waals surface area contributed by atoms with Crippen LogP contribution in [0.4, 0.5) is 10.7 Å². The zero-order chi connectivity index (χ0) is 27.4. The fourth-order valence-electron chi connectivity index (χ4n) is 4.25. The Morgan fingerprint density at radius 3 is 2.42 bits per heavy atom. The number of amides is 1. The molecule has 0 aliphatic carbocycles. The van der Waals surface area contributed by atoms with Crippen LogP contribution in [0.2, 0.25) is 0 Å². The first-order valence-electron chi connectivity index (χ1n) is 11.7. The maximum absolute atomic E-state index is 13.8. The molecule has 2 aromatic carbocycles. The lowest BCUT2D eigenvalue weighted by atomic mass is 10.0. The maximum atomic E-state index is 13.8. The molecule has 2 heterocycles. The normalized spacial score (nSPS) is 13.4. The molecule has 1 N–H and O–H groups in total. The molecule has 1 aliphatic rings. The topological polar surface area (TPSA) is 114 Å². The number of carbonyl (C=O) groups excluding carboxylic acids is 2. The van der Waals surface area contributed by atoms with Crippen molar-refractivity contribution in [2.24, 2.45) is 0 Å². The van der Waals surface area contributed by atoms with Crippen LogP contribution in [0, 0.1) is 0 Å². The van der Waals surface area contributed by atoms with Gasteiger partial charge in [-0.05, 0) is 43.3 Å². The number of fused-ring (bicyclic) bond motifs is 1. The van der Waals surface area contributed by atoms with E-state index in [9.17, 15) is 18.0 Å². The summed E-state index contributed by atoms with van der Waals surface area (Å²) < 4.78 is 44.1. The van der Waals surface area contributed by atoms with Gasteiger partial charge in [-0.15, -0.1) is 11.3 Å². The zero-order valence-electron chi connectivity index (χ0n) is 21.5. The summed E-state index contributed by atoms with van der Waals surface area (Å²) in [4.78, 5) is 29.0. The van der Waals surface area contributed by atoms with Gasteiger partial charge >= 0.3 is 5.97 Å². The first-order chi connectivity index (χ1) is 18.2. The Kier molecular flexibility index (Phi) is 8.24. The van der Waals surface area contributed by atoms with Gasteiger partial charge in [0.15, 0.2) is 11.5 Å². The van der Waals surface area contributed by atoms with Crippen LogP contribution in [0.5, 0.6) is 11.5 Å². The number of anilines is 2. The minimum absolute atomic E-state index is 0.0725. The third-order valence-corrected chi connectivity index (χ3v) is 9.07. The molecule has 1 amide bonds. The second-order valence-corrected chi connectivity index (χ2v) is 11.6. The number of hydrogen-bond donors (Lipinski definition) is 1. The monoisotopic (exact) mass is 559 g/mol. The lowest BCUT2D eigenvalue weighted by Crippen LogP contribution is -2.38. The molecule has 12 heteroatoms. The highest BCUT2D eigenvalue weighted by molar-refractivity contribution is 7.92. The van der Waals surface area contributed by atoms with Crippen LogP contribution in [-0.4, -0.2) is 66.7 Å². The highest BCUT2D eigenvalue weighted by Gasteiger charge is 2.31. The Labute approximate surface area is 225 Å². The van der Waals surface area contributed by atoms with Crippen LogP contribution in [0.15, 0.2) is 53.4 Å². The molecule has 10 nitrogen and oxygen atoms in total. The van der Waals surface area contributed by atoms with Gasteiger partial charge in [0, 0.05) is 24.0 Å². The van der Waals surface area contributed by atoms with E-state index in [0.717, 1.165) is 21.3 Å². The molecule has 1 aromatic heterocycles. The first-order valence-corrected chi connectivity index (χ1v) is 14.0. The number of benzene rings is 2. The molecule has 0 atom stereocenters. The SMILES string of the molecule is COC(=O)c1c(NC(=O)CN(c2ccccc2)S(=O)(=O)c2ccc(OC)c(OC)c2)sc2c1CCN(C)C2. The Morgan fingerprint density at radius 2 is 1.76 bits per heavy atom. The number of para-hydroxylation sites is 1. The Hall–Kier alpha value is -3.61. The fraction of sp³-hybridized carbons (Fsp3) is 0.308. The lowest BCUT2D eigenvalue weighted by molar-refractivity contribution is -0.114. The highest BCUT2D eigenvalue weighted by atomic mass is 32.2. The lowest BCUT2D eigenvalue weighted by Gasteiger charge is -2.24. The maximum Gasteiger partial charge on any atom is 0.341 e. The van der Waals surface area contributed by atoms with Gasteiger partial charge in [0.2, 0.25) is 5.91 Å². The minimum Gasteiger partial charge on any atom is -0.493 e. The molecule has 0 saturated heterocycles. The van der Waals surface area contributed by atoms with Gasteiger partial charge in [0.25, 0.3) is 10.0 Å². The molecular weight excluding hydrogens is 530 g/mol. The average molecular weight is 560 g/mol. The summed E-state index contributed by atoms with van der Waals surface area (Å²) in [5, 5.41) is 3.12. The second kappa shape index (κ2) is 11.4. The Morgan fingerprint density at radius 1 is 1.05 bits per heavy atom. The van der Waals surface area contributed by atoms with E-state index in [1.54, 1.807) is 30.3 Å². The number of carbonyl (C=O) groups is 2. The van der Waals surface area contributed by atoms with Crippen LogP contribution in [0.1, 0.15) is 20.8 Å². The third kappa shape index (κ3) is 5.47. The van der Waals surface area contributed by atoms with Gasteiger partial charge in [0.05, 0.1) is 37.5 Å². The number of likely N-dealkylation sites (N-methyl/N-ethyl adjacent to an activating group) is 1. The number of ether oxygens (including phenoxy) is 3. The van der Waals surface area contributed by atoms with E-state index < -0.39 is 28.4 Å². The van der Waals surface area contributed by atoms with Gasteiger partial charge < -0.3 is 24.4 Å². The summed E-state index contributed by atoms with van der Waals surface area (Å²) in [6, 6.07) is 12.6. The Balaban J connectivity index is 1.68. The summed E-state index contributed by atoms with van der Waals surface area (Å²) in [6.07, 6.45) is 0.645. The second-order valence-electron chi connectivity index (χ2n) is 8.60. The summed E-state index contributed by atoms with van der Waals surface area (Å²) in [5.74, 6) is -0.531. The summed E-state index contributed by atoms with van der Waals surface area (Å²) in [7, 11) is 1.94. The van der Waals surface area contributed by atoms with Gasteiger partial charge in [-0.1, -0.05) is 18.2 Å². The zero-order valence-corrected chi connectivity index (χ0v) is 23.1. The predicted octanol–water partition coefficient (Wildman–Crippen LogP) is 3.37. The van der Waals surface area contributed by atoms with Crippen LogP contribution in [0.25, 0.3) is 0 Å². The van der Waals surface area contributed by atoms with Gasteiger partial charge in [-0.2, -0.15) is 0 Å². The number of thiophene rings is 1. The molecule has 4 rings (SSSR count). The predicted molar refractivity (Wildman–Crippen MR) is 145 cm³/mol. The Bertz CT molecular complexity index is 1440. The molecule has 38 heavy (non-hydrogen) atoms. The third-order valence-electron chi connectivity index (χ3n) is 6.16. The molecular formula is C26H29N3O7S2. The van der Waals surface area contributed by atoms with Gasteiger partial charge in [0.1, 0.15) is 11.5 Å². The molecule has 0 unspecified atom stereocenters. The van der Waals surface area contributed by atoms with Gasteiger partial charge in [-0.25, -0.2) is 13.2 Å².